The van der Waals surface area contributed by atoms with Crippen LogP contribution in [0.25, 0.3) is 0 Å². The van der Waals surface area contributed by atoms with Crippen LogP contribution in [0.15, 0.2) is 28.7 Å². The molecule has 2 unspecified atom stereocenters. The monoisotopic (exact) mass is 294 g/mol. The van der Waals surface area contributed by atoms with Crippen molar-refractivity contribution in [3.8, 4) is 0 Å². The topological polar surface area (TPSA) is 29.3 Å². The van der Waals surface area contributed by atoms with Gasteiger partial charge in [0.05, 0.1) is 5.69 Å². The Morgan fingerprint density at radius 3 is 2.41 bits per heavy atom. The van der Waals surface area contributed by atoms with Crippen molar-refractivity contribution in [3.05, 3.63) is 28.7 Å². The average molecular weight is 295 g/mol. The zero-order chi connectivity index (χ0) is 11.8. The number of nitrogens with zero attached hydrogens (tertiary/aromatic N) is 1. The molecule has 1 aromatic rings. The zero-order valence-electron chi connectivity index (χ0n) is 9.98. The van der Waals surface area contributed by atoms with Crippen molar-refractivity contribution >= 4 is 21.6 Å². The normalized spacial score (nSPS) is 31.9. The first kappa shape index (κ1) is 11.5. The van der Waals surface area contributed by atoms with Crippen LogP contribution in [0.4, 0.5) is 5.69 Å². The van der Waals surface area contributed by atoms with Crippen molar-refractivity contribution in [2.75, 3.05) is 11.4 Å². The lowest BCUT2D eigenvalue weighted by atomic mass is 9.90. The summed E-state index contributed by atoms with van der Waals surface area (Å²) in [6.45, 7) is 0.858. The van der Waals surface area contributed by atoms with Crippen LogP contribution in [0, 0.1) is 5.92 Å². The summed E-state index contributed by atoms with van der Waals surface area (Å²) in [6, 6.07) is 10.0. The van der Waals surface area contributed by atoms with Gasteiger partial charge in [0, 0.05) is 16.6 Å². The number of fused-ring (bicyclic) bond motifs is 2. The van der Waals surface area contributed by atoms with E-state index in [9.17, 15) is 0 Å². The van der Waals surface area contributed by atoms with Gasteiger partial charge < -0.3 is 10.6 Å². The standard InChI is InChI=1S/C14H19BrN2/c15-13-3-1-2-4-14(13)17-11-5-6-12(17)8-10(7-11)9-16/h1-4,10-12H,5-9,16H2. The van der Waals surface area contributed by atoms with E-state index < -0.39 is 0 Å². The van der Waals surface area contributed by atoms with Crippen molar-refractivity contribution in [2.45, 2.75) is 37.8 Å². The van der Waals surface area contributed by atoms with E-state index in [1.54, 1.807) is 0 Å². The van der Waals surface area contributed by atoms with Crippen molar-refractivity contribution in [2.24, 2.45) is 11.7 Å². The lowest BCUT2D eigenvalue weighted by Crippen LogP contribution is -2.44. The van der Waals surface area contributed by atoms with Gasteiger partial charge in [0.15, 0.2) is 0 Å². The van der Waals surface area contributed by atoms with Crippen LogP contribution in [-0.2, 0) is 0 Å². The molecule has 1 aromatic carbocycles. The smallest absolute Gasteiger partial charge is 0.0515 e. The molecule has 17 heavy (non-hydrogen) atoms. The van der Waals surface area contributed by atoms with Gasteiger partial charge in [0.2, 0.25) is 0 Å². The molecule has 0 aromatic heterocycles. The first-order valence-corrected chi connectivity index (χ1v) is 7.32. The fraction of sp³-hybridized carbons (Fsp3) is 0.571. The Hall–Kier alpha value is -0.540. The highest BCUT2D eigenvalue weighted by Crippen LogP contribution is 2.43. The molecule has 2 nitrogen and oxygen atoms in total. The first-order chi connectivity index (χ1) is 8.29. The quantitative estimate of drug-likeness (QED) is 0.908. The molecule has 0 spiro atoms. The predicted molar refractivity (Wildman–Crippen MR) is 75.2 cm³/mol. The van der Waals surface area contributed by atoms with Gasteiger partial charge in [-0.3, -0.25) is 0 Å². The molecule has 2 saturated heterocycles. The van der Waals surface area contributed by atoms with E-state index in [2.05, 4.69) is 45.1 Å². The molecule has 2 fully saturated rings. The number of nitrogens with two attached hydrogens (primary N) is 1. The van der Waals surface area contributed by atoms with Gasteiger partial charge in [-0.05, 0) is 66.2 Å². The fourth-order valence-electron chi connectivity index (χ4n) is 3.54. The molecule has 0 radical (unpaired) electrons. The van der Waals surface area contributed by atoms with Gasteiger partial charge in [-0.15, -0.1) is 0 Å². The predicted octanol–water partition coefficient (Wildman–Crippen LogP) is 3.16. The lowest BCUT2D eigenvalue weighted by Gasteiger charge is -2.40. The molecule has 0 saturated carbocycles. The Morgan fingerprint density at radius 1 is 1.18 bits per heavy atom. The highest BCUT2D eigenvalue weighted by atomic mass is 79.9. The molecule has 92 valence electrons. The van der Waals surface area contributed by atoms with Crippen LogP contribution in [0.5, 0.6) is 0 Å². The highest BCUT2D eigenvalue weighted by Gasteiger charge is 2.40. The van der Waals surface area contributed by atoms with Crippen molar-refractivity contribution in [3.63, 3.8) is 0 Å². The van der Waals surface area contributed by atoms with Crippen LogP contribution < -0.4 is 10.6 Å². The van der Waals surface area contributed by atoms with E-state index in [4.69, 9.17) is 5.73 Å². The molecule has 3 rings (SSSR count). The van der Waals surface area contributed by atoms with E-state index in [1.165, 1.54) is 35.8 Å². The number of hydrogen-bond donors (Lipinski definition) is 1. The van der Waals surface area contributed by atoms with E-state index in [1.807, 2.05) is 0 Å². The number of benzene rings is 1. The number of halogens is 1. The van der Waals surface area contributed by atoms with Crippen LogP contribution in [0.1, 0.15) is 25.7 Å². The molecule has 0 aliphatic carbocycles. The van der Waals surface area contributed by atoms with Gasteiger partial charge in [-0.1, -0.05) is 12.1 Å². The molecule has 2 N–H and O–H groups in total. The second-order valence-corrected chi connectivity index (χ2v) is 6.17. The zero-order valence-corrected chi connectivity index (χ0v) is 11.6. The van der Waals surface area contributed by atoms with E-state index in [0.717, 1.165) is 12.5 Å². The van der Waals surface area contributed by atoms with Crippen LogP contribution >= 0.6 is 15.9 Å². The summed E-state index contributed by atoms with van der Waals surface area (Å²) in [7, 11) is 0. The Bertz CT molecular complexity index is 393. The molecular weight excluding hydrogens is 276 g/mol. The molecule has 2 bridgehead atoms. The fourth-order valence-corrected chi connectivity index (χ4v) is 4.03. The lowest BCUT2D eigenvalue weighted by molar-refractivity contribution is 0.346. The molecule has 3 heteroatoms. The second-order valence-electron chi connectivity index (χ2n) is 5.32. The third-order valence-electron chi connectivity index (χ3n) is 4.29. The second kappa shape index (κ2) is 4.62. The largest absolute Gasteiger partial charge is 0.365 e. The van der Waals surface area contributed by atoms with E-state index in [0.29, 0.717) is 12.1 Å². The average Bonchev–Trinajstić information content (AvgIpc) is 2.60. The number of para-hydroxylation sites is 1. The minimum atomic E-state index is 0.709. The van der Waals surface area contributed by atoms with Crippen molar-refractivity contribution in [1.82, 2.24) is 0 Å². The van der Waals surface area contributed by atoms with E-state index in [-0.39, 0.29) is 0 Å². The summed E-state index contributed by atoms with van der Waals surface area (Å²) in [6.07, 6.45) is 5.22. The molecule has 2 atom stereocenters. The summed E-state index contributed by atoms with van der Waals surface area (Å²) in [5.41, 5.74) is 7.21. The molecule has 0 amide bonds. The third kappa shape index (κ3) is 2.00. The van der Waals surface area contributed by atoms with Gasteiger partial charge in [-0.25, -0.2) is 0 Å². The molecule has 2 aliphatic heterocycles. The Balaban J connectivity index is 1.89. The van der Waals surface area contributed by atoms with Gasteiger partial charge in [0.25, 0.3) is 0 Å². The number of anilines is 1. The first-order valence-electron chi connectivity index (χ1n) is 6.52. The maximum atomic E-state index is 5.84. The molecular formula is C14H19BrN2. The maximum absolute atomic E-state index is 5.84. The van der Waals surface area contributed by atoms with Crippen LogP contribution in [0.2, 0.25) is 0 Å². The number of hydrogen-bond acceptors (Lipinski definition) is 2. The number of piperidine rings is 1. The highest BCUT2D eigenvalue weighted by molar-refractivity contribution is 9.10. The van der Waals surface area contributed by atoms with Crippen LogP contribution in [0.3, 0.4) is 0 Å². The van der Waals surface area contributed by atoms with Gasteiger partial charge in [-0.2, -0.15) is 0 Å². The van der Waals surface area contributed by atoms with Crippen molar-refractivity contribution < 1.29 is 0 Å². The van der Waals surface area contributed by atoms with Crippen molar-refractivity contribution in [1.29, 1.82) is 0 Å². The van der Waals surface area contributed by atoms with E-state index >= 15 is 0 Å². The SMILES string of the molecule is NCC1CC2CCC(C1)N2c1ccccc1Br. The summed E-state index contributed by atoms with van der Waals surface area (Å²) in [5, 5.41) is 0. The summed E-state index contributed by atoms with van der Waals surface area (Å²) >= 11 is 3.68. The summed E-state index contributed by atoms with van der Waals surface area (Å²) in [5.74, 6) is 0.742. The third-order valence-corrected chi connectivity index (χ3v) is 4.97. The summed E-state index contributed by atoms with van der Waals surface area (Å²) < 4.78 is 1.23. The molecule has 2 heterocycles. The Labute approximate surface area is 111 Å². The van der Waals surface area contributed by atoms with Crippen LogP contribution in [-0.4, -0.2) is 18.6 Å². The number of rotatable bonds is 2. The minimum Gasteiger partial charge on any atom is -0.365 e. The maximum Gasteiger partial charge on any atom is 0.0515 e. The summed E-state index contributed by atoms with van der Waals surface area (Å²) in [4.78, 5) is 2.64. The Morgan fingerprint density at radius 2 is 1.82 bits per heavy atom. The Kier molecular flexibility index (Phi) is 3.14. The van der Waals surface area contributed by atoms with Gasteiger partial charge >= 0.3 is 0 Å². The minimum absolute atomic E-state index is 0.709. The van der Waals surface area contributed by atoms with Gasteiger partial charge in [0.1, 0.15) is 0 Å². The molecule has 2 aliphatic rings.